The van der Waals surface area contributed by atoms with Gasteiger partial charge in [0, 0.05) is 0 Å². The van der Waals surface area contributed by atoms with Crippen molar-refractivity contribution in [3.63, 3.8) is 0 Å². The molecule has 20 unspecified atom stereocenters. The number of aliphatic carboxylic acids is 1. The molecule has 0 spiro atoms. The van der Waals surface area contributed by atoms with Crippen LogP contribution in [0.5, 0.6) is 0 Å². The summed E-state index contributed by atoms with van der Waals surface area (Å²) in [5, 5.41) is 117. The van der Waals surface area contributed by atoms with Crippen molar-refractivity contribution in [2.24, 2.45) is 56.7 Å². The van der Waals surface area contributed by atoms with E-state index in [-0.39, 0.29) is 48.0 Å². The van der Waals surface area contributed by atoms with Crippen LogP contribution in [0.25, 0.3) is 0 Å². The minimum atomic E-state index is -1.89. The van der Waals surface area contributed by atoms with Crippen molar-refractivity contribution in [3.8, 4) is 0 Å². The molecule has 3 saturated heterocycles. The Morgan fingerprint density at radius 3 is 1.94 bits per heavy atom. The van der Waals surface area contributed by atoms with E-state index < -0.39 is 145 Å². The van der Waals surface area contributed by atoms with Crippen molar-refractivity contribution < 1.29 is 94.2 Å². The molecule has 8 aliphatic rings. The first-order valence-electron chi connectivity index (χ1n) is 24.5. The van der Waals surface area contributed by atoms with Crippen LogP contribution in [0.1, 0.15) is 106 Å². The molecule has 7 fully saturated rings. The number of rotatable bonds is 9. The molecule has 5 aliphatic carbocycles. The van der Waals surface area contributed by atoms with Gasteiger partial charge in [0.25, 0.3) is 0 Å². The number of aliphatic hydroxyl groups is 10. The third kappa shape index (κ3) is 7.79. The second-order valence-corrected chi connectivity index (χ2v) is 22.8. The van der Waals surface area contributed by atoms with Crippen molar-refractivity contribution in [2.45, 2.75) is 204 Å². The lowest BCUT2D eigenvalue weighted by Crippen LogP contribution is -2.68. The second kappa shape index (κ2) is 18.3. The minimum Gasteiger partial charge on any atom is -0.481 e. The van der Waals surface area contributed by atoms with Gasteiger partial charge in [0.2, 0.25) is 6.29 Å². The zero-order valence-electron chi connectivity index (χ0n) is 39.7. The van der Waals surface area contributed by atoms with Crippen molar-refractivity contribution >= 4 is 11.9 Å². The topological polar surface area (TPSA) is 312 Å². The van der Waals surface area contributed by atoms with Gasteiger partial charge >= 0.3 is 11.9 Å². The molecule has 19 heteroatoms. The number of fused-ring (bicyclic) bond motifs is 7. The molecule has 0 aromatic carbocycles. The number of carbonyl (C=O) groups excluding carboxylic acids is 1. The van der Waals surface area contributed by atoms with Gasteiger partial charge in [-0.2, -0.15) is 0 Å². The van der Waals surface area contributed by atoms with Crippen molar-refractivity contribution in [1.29, 1.82) is 0 Å². The van der Waals surface area contributed by atoms with Crippen LogP contribution in [0.4, 0.5) is 0 Å². The fraction of sp³-hybridized carbons (Fsp3) is 0.917. The Morgan fingerprint density at radius 2 is 1.28 bits per heavy atom. The summed E-state index contributed by atoms with van der Waals surface area (Å²) in [6.45, 7) is 13.2. The first-order valence-corrected chi connectivity index (χ1v) is 24.5. The highest BCUT2D eigenvalue weighted by atomic mass is 16.7. The normalized spacial score (nSPS) is 54.0. The fourth-order valence-electron chi connectivity index (χ4n) is 15.3. The molecule has 0 radical (unpaired) electrons. The van der Waals surface area contributed by atoms with Gasteiger partial charge in [-0.15, -0.1) is 0 Å². The van der Waals surface area contributed by atoms with Gasteiger partial charge in [0.15, 0.2) is 12.6 Å². The number of allylic oxidation sites excluding steroid dienone is 1. The maximum Gasteiger partial charge on any atom is 0.315 e. The van der Waals surface area contributed by atoms with Gasteiger partial charge in [0.1, 0.15) is 67.1 Å². The van der Waals surface area contributed by atoms with Crippen LogP contribution in [0.2, 0.25) is 0 Å². The van der Waals surface area contributed by atoms with E-state index >= 15 is 4.79 Å². The quantitative estimate of drug-likeness (QED) is 0.0829. The van der Waals surface area contributed by atoms with E-state index in [2.05, 4.69) is 47.6 Å². The predicted octanol–water partition coefficient (Wildman–Crippen LogP) is 0.0887. The number of hydrogen-bond acceptors (Lipinski definition) is 18. The molecule has 11 N–H and O–H groups in total. The Morgan fingerprint density at radius 1 is 0.672 bits per heavy atom. The Hall–Kier alpha value is -1.92. The van der Waals surface area contributed by atoms with E-state index in [0.717, 1.165) is 5.57 Å². The number of hydrogen-bond donors (Lipinski definition) is 11. The van der Waals surface area contributed by atoms with Gasteiger partial charge in [-0.1, -0.05) is 53.2 Å². The van der Waals surface area contributed by atoms with Crippen LogP contribution in [0.3, 0.4) is 0 Å². The lowest BCUT2D eigenvalue weighted by Gasteiger charge is -2.70. The Kier molecular flexibility index (Phi) is 14.0. The van der Waals surface area contributed by atoms with Gasteiger partial charge in [0.05, 0.1) is 36.3 Å². The number of carboxylic acid groups (broad SMARTS) is 1. The van der Waals surface area contributed by atoms with Crippen LogP contribution in [-0.2, 0) is 38.0 Å². The third-order valence-corrected chi connectivity index (χ3v) is 19.4. The average molecular weight is 957 g/mol. The predicted molar refractivity (Wildman–Crippen MR) is 231 cm³/mol. The Balaban J connectivity index is 1.05. The molecule has 0 amide bonds. The van der Waals surface area contributed by atoms with Crippen LogP contribution >= 0.6 is 0 Å². The summed E-state index contributed by atoms with van der Waals surface area (Å²) in [7, 11) is 0. The van der Waals surface area contributed by atoms with E-state index in [9.17, 15) is 61.0 Å². The summed E-state index contributed by atoms with van der Waals surface area (Å²) in [4.78, 5) is 29.4. The zero-order chi connectivity index (χ0) is 49.1. The first-order chi connectivity index (χ1) is 31.3. The minimum absolute atomic E-state index is 0.0658. The molecule has 67 heavy (non-hydrogen) atoms. The molecule has 0 aromatic rings. The summed E-state index contributed by atoms with van der Waals surface area (Å²) in [6.07, 6.45) is -16.6. The number of carboxylic acids is 1. The monoisotopic (exact) mass is 956 g/mol. The lowest BCUT2D eigenvalue weighted by molar-refractivity contribution is -0.328. The Bertz CT molecular complexity index is 1860. The van der Waals surface area contributed by atoms with Gasteiger partial charge < -0.3 is 84.6 Å². The smallest absolute Gasteiger partial charge is 0.315 e. The number of esters is 1. The van der Waals surface area contributed by atoms with Crippen molar-refractivity contribution in [3.05, 3.63) is 11.6 Å². The summed E-state index contributed by atoms with van der Waals surface area (Å²) in [5.41, 5.74) is -3.35. The second-order valence-electron chi connectivity index (χ2n) is 22.8. The molecular weight excluding hydrogens is 881 g/mol. The number of carbonyl (C=O) groups is 2. The van der Waals surface area contributed by atoms with E-state index in [1.54, 1.807) is 6.92 Å². The fourth-order valence-corrected chi connectivity index (χ4v) is 15.3. The molecule has 382 valence electrons. The lowest BCUT2D eigenvalue weighted by atomic mass is 9.33. The standard InChI is InChI=1S/C48H76O19/c1-20-10-15-47(43(61)67-41-38(58)35(55)32(52)25(65-41)19-62-39-36(56)34(54)31(51)24(18-49)64-39)16-17-48(42(59)60)23(29(47)21(20)2)8-9-27-45(6)13-12-28(44(4,5)26(45)11-14-46(27,48)7)66-40-37(57)33(53)30(50)22(3)63-40/h8,20-22,24-41,49-58H,9-19H2,1-7H3,(H,59,60)/t20?,21?,22?,24?,25?,26?,27?,28-,29?,30?,31?,32?,33?,34?,35?,36?,37?,38?,39?,40?,41?,45-,46+,47-,48+/m0/s1. The summed E-state index contributed by atoms with van der Waals surface area (Å²) in [5.74, 6) is -2.23. The average Bonchev–Trinajstić information content (AvgIpc) is 3.28. The summed E-state index contributed by atoms with van der Waals surface area (Å²) < 4.78 is 35.3. The number of ether oxygens (including phenoxy) is 6. The van der Waals surface area contributed by atoms with E-state index in [1.165, 1.54) is 0 Å². The summed E-state index contributed by atoms with van der Waals surface area (Å²) >= 11 is 0. The molecule has 25 atom stereocenters. The van der Waals surface area contributed by atoms with Crippen LogP contribution in [-0.4, -0.2) is 180 Å². The molecule has 4 saturated carbocycles. The third-order valence-electron chi connectivity index (χ3n) is 19.4. The van der Waals surface area contributed by atoms with E-state index in [0.29, 0.717) is 44.9 Å². The van der Waals surface area contributed by atoms with Crippen molar-refractivity contribution in [2.75, 3.05) is 13.2 Å². The summed E-state index contributed by atoms with van der Waals surface area (Å²) in [6, 6.07) is 0. The largest absolute Gasteiger partial charge is 0.481 e. The van der Waals surface area contributed by atoms with Gasteiger partial charge in [-0.25, -0.2) is 0 Å². The molecule has 19 nitrogen and oxygen atoms in total. The maximum absolute atomic E-state index is 15.0. The molecule has 8 rings (SSSR count). The first kappa shape index (κ1) is 51.4. The highest BCUT2D eigenvalue weighted by Crippen LogP contribution is 2.76. The maximum atomic E-state index is 15.0. The molecule has 3 aliphatic heterocycles. The van der Waals surface area contributed by atoms with Crippen molar-refractivity contribution in [1.82, 2.24) is 0 Å². The highest BCUT2D eigenvalue weighted by molar-refractivity contribution is 5.85. The van der Waals surface area contributed by atoms with Gasteiger partial charge in [-0.05, 0) is 111 Å². The molecular formula is C48H76O19. The molecule has 0 aromatic heterocycles. The number of aliphatic hydroxyl groups excluding tert-OH is 10. The van der Waals surface area contributed by atoms with Gasteiger partial charge in [-0.3, -0.25) is 9.59 Å². The zero-order valence-corrected chi connectivity index (χ0v) is 39.7. The highest BCUT2D eigenvalue weighted by Gasteiger charge is 2.74. The Labute approximate surface area is 391 Å². The SMILES string of the molecule is CC1CC[C@]2(C(=O)OC3OC(COC4OC(CO)C(O)C(O)C4O)C(O)C(O)C3O)CC[C@]3(C(=O)O)C(=CCC4[C@@]5(C)CC[C@H](OC6OC(C)C(O)C(O)C6O)C(C)(C)C5CC[C@]43C)C2C1C. The van der Waals surface area contributed by atoms with E-state index in [1.807, 2.05) is 0 Å². The van der Waals surface area contributed by atoms with Crippen LogP contribution in [0, 0.1) is 56.7 Å². The van der Waals surface area contributed by atoms with Crippen LogP contribution in [0.15, 0.2) is 11.6 Å². The molecule has 0 bridgehead atoms. The van der Waals surface area contributed by atoms with Crippen LogP contribution < -0.4 is 0 Å². The van der Waals surface area contributed by atoms with E-state index in [4.69, 9.17) is 28.4 Å². The molecule has 3 heterocycles.